The van der Waals surface area contributed by atoms with Crippen LogP contribution in [0, 0.1) is 5.82 Å². The number of pyridine rings is 1. The molecule has 3 aromatic rings. The lowest BCUT2D eigenvalue weighted by molar-refractivity contribution is 0.0695. The van der Waals surface area contributed by atoms with E-state index < -0.39 is 17.2 Å². The second-order valence-corrected chi connectivity index (χ2v) is 6.34. The lowest BCUT2D eigenvalue weighted by atomic mass is 10.1. The summed E-state index contributed by atoms with van der Waals surface area (Å²) in [6.45, 7) is 2.85. The fraction of sp³-hybridized carbons (Fsp3) is 0.235. The molecule has 0 aliphatic heterocycles. The number of halogens is 1. The number of carboxylic acid groups (broad SMARTS) is 1. The average molecular weight is 361 g/mol. The molecule has 0 radical (unpaired) electrons. The quantitative estimate of drug-likeness (QED) is 0.730. The molecule has 130 valence electrons. The van der Waals surface area contributed by atoms with Crippen molar-refractivity contribution in [2.75, 3.05) is 7.05 Å². The molecule has 0 spiro atoms. The van der Waals surface area contributed by atoms with Crippen LogP contribution in [0.25, 0.3) is 21.5 Å². The summed E-state index contributed by atoms with van der Waals surface area (Å²) in [7, 11) is 1.80. The van der Waals surface area contributed by atoms with Gasteiger partial charge < -0.3 is 15.0 Å². The van der Waals surface area contributed by atoms with Crippen LogP contribution in [0.2, 0.25) is 0 Å². The van der Waals surface area contributed by atoms with Gasteiger partial charge in [0.25, 0.3) is 0 Å². The van der Waals surface area contributed by atoms with E-state index in [2.05, 4.69) is 10.3 Å². The first-order valence-corrected chi connectivity index (χ1v) is 8.53. The van der Waals surface area contributed by atoms with Gasteiger partial charge in [0.2, 0.25) is 5.43 Å². The summed E-state index contributed by atoms with van der Waals surface area (Å²) in [5.74, 6) is -1.92. The molecule has 0 amide bonds. The van der Waals surface area contributed by atoms with Crippen molar-refractivity contribution in [1.29, 1.82) is 0 Å². The van der Waals surface area contributed by atoms with Crippen LogP contribution in [-0.2, 0) is 13.1 Å². The number of fused-ring (bicyclic) bond motifs is 1. The number of carboxylic acids is 1. The second kappa shape index (κ2) is 6.73. The Labute approximate surface area is 146 Å². The van der Waals surface area contributed by atoms with Crippen molar-refractivity contribution in [3.05, 3.63) is 51.0 Å². The first-order valence-electron chi connectivity index (χ1n) is 7.65. The van der Waals surface area contributed by atoms with Crippen LogP contribution in [0.1, 0.15) is 23.0 Å². The molecule has 0 atom stereocenters. The van der Waals surface area contributed by atoms with Gasteiger partial charge in [0, 0.05) is 35.6 Å². The number of hydrogen-bond donors (Lipinski definition) is 2. The molecule has 25 heavy (non-hydrogen) atoms. The molecule has 3 rings (SSSR count). The minimum atomic E-state index is -1.32. The Kier molecular flexibility index (Phi) is 4.65. The molecule has 2 N–H and O–H groups in total. The number of aromatic carboxylic acids is 1. The maximum atomic E-state index is 14.6. The Morgan fingerprint density at radius 3 is 2.84 bits per heavy atom. The van der Waals surface area contributed by atoms with Gasteiger partial charge >= 0.3 is 5.97 Å². The van der Waals surface area contributed by atoms with Crippen LogP contribution in [-0.4, -0.2) is 27.7 Å². The van der Waals surface area contributed by atoms with Crippen molar-refractivity contribution in [1.82, 2.24) is 14.9 Å². The van der Waals surface area contributed by atoms with E-state index in [1.165, 1.54) is 17.5 Å². The SMILES string of the molecule is CCn1cc(C(=O)O)c(=O)c2cc(F)c(-c3nc(CNC)cs3)cc21. The monoisotopic (exact) mass is 361 g/mol. The van der Waals surface area contributed by atoms with E-state index in [1.54, 1.807) is 17.7 Å². The summed E-state index contributed by atoms with van der Waals surface area (Å²) < 4.78 is 16.2. The normalized spacial score (nSPS) is 11.2. The molecule has 0 unspecified atom stereocenters. The zero-order valence-electron chi connectivity index (χ0n) is 13.7. The fourth-order valence-electron chi connectivity index (χ4n) is 2.68. The van der Waals surface area contributed by atoms with Gasteiger partial charge in [-0.15, -0.1) is 11.3 Å². The van der Waals surface area contributed by atoms with Gasteiger partial charge in [0.1, 0.15) is 16.4 Å². The summed E-state index contributed by atoms with van der Waals surface area (Å²) in [6, 6.07) is 2.66. The van der Waals surface area contributed by atoms with Crippen molar-refractivity contribution in [3.63, 3.8) is 0 Å². The highest BCUT2D eigenvalue weighted by Gasteiger charge is 2.18. The summed E-state index contributed by atoms with van der Waals surface area (Å²) in [6.07, 6.45) is 1.29. The Balaban J connectivity index is 2.26. The molecule has 2 heterocycles. The van der Waals surface area contributed by atoms with E-state index >= 15 is 0 Å². The molecule has 0 fully saturated rings. The van der Waals surface area contributed by atoms with Crippen LogP contribution >= 0.6 is 11.3 Å². The highest BCUT2D eigenvalue weighted by atomic mass is 32.1. The first-order chi connectivity index (χ1) is 12.0. The molecular formula is C17H16FN3O3S. The van der Waals surface area contributed by atoms with E-state index in [-0.39, 0.29) is 10.9 Å². The predicted octanol–water partition coefficient (Wildman–Crippen LogP) is 2.70. The third kappa shape index (κ3) is 3.06. The zero-order chi connectivity index (χ0) is 18.1. The number of carbonyl (C=O) groups is 1. The Morgan fingerprint density at radius 1 is 1.44 bits per heavy atom. The molecule has 1 aromatic carbocycles. The lowest BCUT2D eigenvalue weighted by Gasteiger charge is -2.11. The average Bonchev–Trinajstić information content (AvgIpc) is 3.03. The topological polar surface area (TPSA) is 84.2 Å². The van der Waals surface area contributed by atoms with Gasteiger partial charge in [-0.05, 0) is 26.1 Å². The third-order valence-electron chi connectivity index (χ3n) is 3.88. The van der Waals surface area contributed by atoms with Gasteiger partial charge in [0.05, 0.1) is 11.2 Å². The number of aromatic nitrogens is 2. The van der Waals surface area contributed by atoms with E-state index in [1.807, 2.05) is 12.3 Å². The van der Waals surface area contributed by atoms with Crippen LogP contribution in [0.5, 0.6) is 0 Å². The van der Waals surface area contributed by atoms with Crippen LogP contribution in [0.15, 0.2) is 28.5 Å². The molecule has 0 aliphatic carbocycles. The number of aryl methyl sites for hydroxylation is 1. The first kappa shape index (κ1) is 17.2. The highest BCUT2D eigenvalue weighted by Crippen LogP contribution is 2.29. The highest BCUT2D eigenvalue weighted by molar-refractivity contribution is 7.13. The van der Waals surface area contributed by atoms with Crippen molar-refractivity contribution in [2.24, 2.45) is 0 Å². The molecule has 0 saturated heterocycles. The van der Waals surface area contributed by atoms with Crippen LogP contribution in [0.3, 0.4) is 0 Å². The van der Waals surface area contributed by atoms with Crippen LogP contribution in [0.4, 0.5) is 4.39 Å². The minimum absolute atomic E-state index is 0.0509. The van der Waals surface area contributed by atoms with E-state index in [0.29, 0.717) is 29.2 Å². The molecular weight excluding hydrogens is 345 g/mol. The Bertz CT molecular complexity index is 1030. The van der Waals surface area contributed by atoms with Gasteiger partial charge in [-0.25, -0.2) is 14.2 Å². The Morgan fingerprint density at radius 2 is 2.20 bits per heavy atom. The van der Waals surface area contributed by atoms with Gasteiger partial charge in [0.15, 0.2) is 0 Å². The number of benzene rings is 1. The zero-order valence-corrected chi connectivity index (χ0v) is 14.5. The van der Waals surface area contributed by atoms with E-state index in [9.17, 15) is 19.1 Å². The lowest BCUT2D eigenvalue weighted by Crippen LogP contribution is -2.19. The summed E-state index contributed by atoms with van der Waals surface area (Å²) in [4.78, 5) is 28.0. The maximum absolute atomic E-state index is 14.6. The van der Waals surface area contributed by atoms with Gasteiger partial charge in [-0.3, -0.25) is 4.79 Å². The molecule has 2 aromatic heterocycles. The van der Waals surface area contributed by atoms with E-state index in [0.717, 1.165) is 11.8 Å². The standard InChI is InChI=1S/C17H16FN3O3S/c1-3-21-7-12(17(23)24)15(22)11-4-13(18)10(5-14(11)21)16-20-9(6-19-2)8-25-16/h4-5,7-8,19H,3,6H2,1-2H3,(H,23,24). The minimum Gasteiger partial charge on any atom is -0.477 e. The number of hydrogen-bond acceptors (Lipinski definition) is 5. The molecule has 0 saturated carbocycles. The van der Waals surface area contributed by atoms with Crippen molar-refractivity contribution in [3.8, 4) is 10.6 Å². The number of nitrogens with zero attached hydrogens (tertiary/aromatic N) is 2. The largest absolute Gasteiger partial charge is 0.477 e. The van der Waals surface area contributed by atoms with Gasteiger partial charge in [-0.1, -0.05) is 0 Å². The van der Waals surface area contributed by atoms with Gasteiger partial charge in [-0.2, -0.15) is 0 Å². The molecule has 0 aliphatic rings. The predicted molar refractivity (Wildman–Crippen MR) is 94.7 cm³/mol. The number of rotatable bonds is 5. The summed E-state index contributed by atoms with van der Waals surface area (Å²) >= 11 is 1.32. The maximum Gasteiger partial charge on any atom is 0.341 e. The van der Waals surface area contributed by atoms with E-state index in [4.69, 9.17) is 0 Å². The molecule has 8 heteroatoms. The third-order valence-corrected chi connectivity index (χ3v) is 4.80. The second-order valence-electron chi connectivity index (χ2n) is 5.49. The molecule has 0 bridgehead atoms. The summed E-state index contributed by atoms with van der Waals surface area (Å²) in [5, 5.41) is 14.6. The smallest absolute Gasteiger partial charge is 0.341 e. The summed E-state index contributed by atoms with van der Waals surface area (Å²) in [5.41, 5.74) is 0.527. The molecule has 6 nitrogen and oxygen atoms in total. The Hall–Kier alpha value is -2.58. The number of thiazole rings is 1. The van der Waals surface area contributed by atoms with Crippen molar-refractivity contribution in [2.45, 2.75) is 20.0 Å². The van der Waals surface area contributed by atoms with Crippen molar-refractivity contribution >= 4 is 28.2 Å². The number of nitrogens with one attached hydrogen (secondary N) is 1. The van der Waals surface area contributed by atoms with Crippen molar-refractivity contribution < 1.29 is 14.3 Å². The fourth-order valence-corrected chi connectivity index (χ4v) is 3.52. The van der Waals surface area contributed by atoms with Crippen LogP contribution < -0.4 is 10.7 Å².